The first-order valence-corrected chi connectivity index (χ1v) is 9.25. The molecule has 6 nitrogen and oxygen atoms in total. The van der Waals surface area contributed by atoms with Crippen molar-refractivity contribution in [3.05, 3.63) is 62.8 Å². The highest BCUT2D eigenvalue weighted by molar-refractivity contribution is 6.30. The van der Waals surface area contributed by atoms with Crippen LogP contribution in [0.15, 0.2) is 35.3 Å². The maximum Gasteiger partial charge on any atom is 0.276 e. The molecule has 0 aliphatic carbocycles. The normalized spacial score (nSPS) is 11.3. The van der Waals surface area contributed by atoms with Gasteiger partial charge in [-0.1, -0.05) is 23.7 Å². The van der Waals surface area contributed by atoms with Gasteiger partial charge in [0.25, 0.3) is 5.56 Å². The van der Waals surface area contributed by atoms with E-state index in [2.05, 4.69) is 15.0 Å². The Labute approximate surface area is 162 Å². The number of aryl methyl sites for hydroxylation is 2. The lowest BCUT2D eigenvalue weighted by atomic mass is 10.2. The van der Waals surface area contributed by atoms with Gasteiger partial charge in [-0.3, -0.25) is 9.59 Å². The molecule has 3 aromatic rings. The third-order valence-electron chi connectivity index (χ3n) is 4.58. The van der Waals surface area contributed by atoms with E-state index in [1.54, 1.807) is 6.20 Å². The maximum atomic E-state index is 12.9. The van der Waals surface area contributed by atoms with E-state index in [1.165, 1.54) is 4.68 Å². The first-order chi connectivity index (χ1) is 12.8. The molecule has 1 N–H and O–H groups in total. The van der Waals surface area contributed by atoms with Crippen molar-refractivity contribution in [1.29, 1.82) is 0 Å². The van der Waals surface area contributed by atoms with Crippen molar-refractivity contribution in [2.24, 2.45) is 0 Å². The van der Waals surface area contributed by atoms with Gasteiger partial charge in [-0.15, -0.1) is 0 Å². The van der Waals surface area contributed by atoms with E-state index in [0.29, 0.717) is 17.0 Å². The van der Waals surface area contributed by atoms with Crippen molar-refractivity contribution in [2.45, 2.75) is 46.8 Å². The van der Waals surface area contributed by atoms with Crippen molar-refractivity contribution in [3.63, 3.8) is 0 Å². The van der Waals surface area contributed by atoms with Gasteiger partial charge in [-0.05, 0) is 45.4 Å². The number of fused-ring (bicyclic) bond motifs is 1. The fourth-order valence-electron chi connectivity index (χ4n) is 3.32. The minimum atomic E-state index is -0.253. The van der Waals surface area contributed by atoms with E-state index in [-0.39, 0.29) is 24.1 Å². The number of halogens is 1. The van der Waals surface area contributed by atoms with Gasteiger partial charge < -0.3 is 9.88 Å². The Hall–Kier alpha value is -2.60. The number of hydrogen-bond donors (Lipinski definition) is 1. The highest BCUT2D eigenvalue weighted by atomic mass is 35.5. The molecule has 3 rings (SSSR count). The number of hydrogen-bond acceptors (Lipinski definition) is 3. The molecular weight excluding hydrogens is 364 g/mol. The standard InChI is InChI=1S/C20H23ClN4O2/c1-12(2)23-18(26)11-25-20(27)19-14(4)24(13(3)17(19)9-22-25)10-15-6-5-7-16(21)8-15/h5-9,12H,10-11H2,1-4H3,(H,23,26). The Balaban J connectivity index is 2.02. The van der Waals surface area contributed by atoms with Crippen LogP contribution in [0.3, 0.4) is 0 Å². The molecule has 0 aliphatic rings. The van der Waals surface area contributed by atoms with Gasteiger partial charge in [0.05, 0.1) is 11.6 Å². The number of carbonyl (C=O) groups excluding carboxylic acids is 1. The average Bonchev–Trinajstić information content (AvgIpc) is 2.82. The summed E-state index contributed by atoms with van der Waals surface area (Å²) in [5.74, 6) is -0.230. The van der Waals surface area contributed by atoms with Gasteiger partial charge in [0.2, 0.25) is 5.91 Å². The van der Waals surface area contributed by atoms with Crippen LogP contribution in [0.4, 0.5) is 0 Å². The molecule has 0 saturated heterocycles. The number of carbonyl (C=O) groups is 1. The molecule has 0 atom stereocenters. The minimum Gasteiger partial charge on any atom is -0.352 e. The van der Waals surface area contributed by atoms with Crippen LogP contribution in [0.1, 0.15) is 30.8 Å². The van der Waals surface area contributed by atoms with Gasteiger partial charge >= 0.3 is 0 Å². The zero-order valence-electron chi connectivity index (χ0n) is 15.9. The molecule has 7 heteroatoms. The zero-order chi connectivity index (χ0) is 19.7. The first kappa shape index (κ1) is 19.2. The Morgan fingerprint density at radius 3 is 2.67 bits per heavy atom. The summed E-state index contributed by atoms with van der Waals surface area (Å²) in [5, 5.41) is 9.06. The summed E-state index contributed by atoms with van der Waals surface area (Å²) in [5.41, 5.74) is 2.62. The Morgan fingerprint density at radius 2 is 2.00 bits per heavy atom. The highest BCUT2D eigenvalue weighted by Gasteiger charge is 2.17. The average molecular weight is 387 g/mol. The Kier molecular flexibility index (Phi) is 5.37. The number of nitrogens with one attached hydrogen (secondary N) is 1. The molecule has 0 radical (unpaired) electrons. The lowest BCUT2D eigenvalue weighted by Gasteiger charge is -2.09. The number of rotatable bonds is 5. The minimum absolute atomic E-state index is 0.0136. The molecule has 142 valence electrons. The van der Waals surface area contributed by atoms with Crippen LogP contribution in [0.2, 0.25) is 5.02 Å². The summed E-state index contributed by atoms with van der Waals surface area (Å²) in [7, 11) is 0. The van der Waals surface area contributed by atoms with Crippen molar-refractivity contribution >= 4 is 28.3 Å². The summed E-state index contributed by atoms with van der Waals surface area (Å²) in [6.45, 7) is 8.16. The Bertz CT molecular complexity index is 1070. The molecule has 0 saturated carbocycles. The van der Waals surface area contributed by atoms with Gasteiger partial charge in [0.1, 0.15) is 6.54 Å². The van der Waals surface area contributed by atoms with Crippen LogP contribution in [-0.4, -0.2) is 26.3 Å². The van der Waals surface area contributed by atoms with E-state index in [4.69, 9.17) is 11.6 Å². The number of amides is 1. The third kappa shape index (κ3) is 3.90. The topological polar surface area (TPSA) is 68.9 Å². The lowest BCUT2D eigenvalue weighted by Crippen LogP contribution is -2.36. The van der Waals surface area contributed by atoms with Crippen molar-refractivity contribution in [1.82, 2.24) is 19.7 Å². The van der Waals surface area contributed by atoms with Gasteiger partial charge in [0.15, 0.2) is 0 Å². The number of nitrogens with zero attached hydrogens (tertiary/aromatic N) is 3. The highest BCUT2D eigenvalue weighted by Crippen LogP contribution is 2.23. The van der Waals surface area contributed by atoms with E-state index >= 15 is 0 Å². The molecule has 1 aromatic carbocycles. The number of aromatic nitrogens is 3. The Morgan fingerprint density at radius 1 is 1.26 bits per heavy atom. The summed E-state index contributed by atoms with van der Waals surface area (Å²) in [4.78, 5) is 24.9. The molecule has 1 amide bonds. The molecule has 2 aromatic heterocycles. The predicted octanol–water partition coefficient (Wildman–Crippen LogP) is 3.04. The van der Waals surface area contributed by atoms with Crippen molar-refractivity contribution < 1.29 is 4.79 Å². The molecule has 0 aliphatic heterocycles. The van der Waals surface area contributed by atoms with E-state index in [9.17, 15) is 9.59 Å². The molecule has 27 heavy (non-hydrogen) atoms. The van der Waals surface area contributed by atoms with Crippen LogP contribution >= 0.6 is 11.6 Å². The monoisotopic (exact) mass is 386 g/mol. The second-order valence-corrected chi connectivity index (χ2v) is 7.44. The van der Waals surface area contributed by atoms with Gasteiger partial charge in [-0.2, -0.15) is 5.10 Å². The zero-order valence-corrected chi connectivity index (χ0v) is 16.7. The van der Waals surface area contributed by atoms with Gasteiger partial charge in [-0.25, -0.2) is 4.68 Å². The predicted molar refractivity (Wildman–Crippen MR) is 107 cm³/mol. The van der Waals surface area contributed by atoms with Crippen LogP contribution < -0.4 is 10.9 Å². The second-order valence-electron chi connectivity index (χ2n) is 7.01. The molecular formula is C20H23ClN4O2. The van der Waals surface area contributed by atoms with E-state index < -0.39 is 0 Å². The molecule has 0 unspecified atom stereocenters. The molecule has 0 bridgehead atoms. The summed E-state index contributed by atoms with van der Waals surface area (Å²) < 4.78 is 3.30. The molecule has 0 spiro atoms. The molecule has 2 heterocycles. The smallest absolute Gasteiger partial charge is 0.276 e. The first-order valence-electron chi connectivity index (χ1n) is 8.87. The SMILES string of the molecule is Cc1c2cnn(CC(=O)NC(C)C)c(=O)c2c(C)n1Cc1cccc(Cl)c1. The summed E-state index contributed by atoms with van der Waals surface area (Å²) >= 11 is 6.09. The quantitative estimate of drug-likeness (QED) is 0.732. The fourth-order valence-corrected chi connectivity index (χ4v) is 3.53. The van der Waals surface area contributed by atoms with Crippen LogP contribution in [0.25, 0.3) is 10.8 Å². The second kappa shape index (κ2) is 7.56. The summed E-state index contributed by atoms with van der Waals surface area (Å²) in [6, 6.07) is 7.68. The summed E-state index contributed by atoms with van der Waals surface area (Å²) in [6.07, 6.45) is 1.66. The largest absolute Gasteiger partial charge is 0.352 e. The van der Waals surface area contributed by atoms with Crippen molar-refractivity contribution in [2.75, 3.05) is 0 Å². The lowest BCUT2D eigenvalue weighted by molar-refractivity contribution is -0.122. The van der Waals surface area contributed by atoms with Gasteiger partial charge in [0, 0.05) is 34.4 Å². The molecule has 0 fully saturated rings. The van der Waals surface area contributed by atoms with Crippen molar-refractivity contribution in [3.8, 4) is 0 Å². The van der Waals surface area contributed by atoms with E-state index in [0.717, 1.165) is 22.3 Å². The van der Waals surface area contributed by atoms with E-state index in [1.807, 2.05) is 52.0 Å². The maximum absolute atomic E-state index is 12.9. The van der Waals surface area contributed by atoms with Crippen LogP contribution in [0.5, 0.6) is 0 Å². The fraction of sp³-hybridized carbons (Fsp3) is 0.350. The van der Waals surface area contributed by atoms with Crippen LogP contribution in [0, 0.1) is 13.8 Å². The van der Waals surface area contributed by atoms with Crippen LogP contribution in [-0.2, 0) is 17.9 Å². The number of benzene rings is 1. The third-order valence-corrected chi connectivity index (χ3v) is 4.81.